The Morgan fingerprint density at radius 3 is 1.95 bits per heavy atom. The van der Waals surface area contributed by atoms with E-state index in [4.69, 9.17) is 5.26 Å². The molecule has 0 aromatic heterocycles. The van der Waals surface area contributed by atoms with E-state index in [2.05, 4.69) is 34.2 Å². The minimum Gasteiger partial charge on any atom is -0.328 e. The van der Waals surface area contributed by atoms with Crippen LogP contribution in [0.5, 0.6) is 0 Å². The summed E-state index contributed by atoms with van der Waals surface area (Å²) < 4.78 is 0. The molecule has 0 radical (unpaired) electrons. The molecule has 0 fully saturated rings. The van der Waals surface area contributed by atoms with E-state index < -0.39 is 0 Å². The van der Waals surface area contributed by atoms with Gasteiger partial charge in [-0.2, -0.15) is 5.26 Å². The Bertz CT molecular complexity index is 623. The van der Waals surface area contributed by atoms with Gasteiger partial charge in [-0.15, -0.1) is 0 Å². The maximum absolute atomic E-state index is 8.80. The first-order valence-electron chi connectivity index (χ1n) is 6.14. The molecular weight excluding hydrogens is 234 g/mol. The Labute approximate surface area is 112 Å². The molecule has 0 atom stereocenters. The van der Waals surface area contributed by atoms with E-state index in [0.29, 0.717) is 5.56 Å². The zero-order valence-electron chi connectivity index (χ0n) is 10.4. The molecule has 0 saturated carbocycles. The van der Waals surface area contributed by atoms with Crippen molar-refractivity contribution in [3.05, 3.63) is 72.6 Å². The predicted molar refractivity (Wildman–Crippen MR) is 76.6 cm³/mol. The molecule has 92 valence electrons. The fraction of sp³-hybridized carbons (Fsp3) is 0.0625. The molecule has 3 heteroatoms. The Hall–Kier alpha value is -2.73. The number of rotatable bonds is 2. The van der Waals surface area contributed by atoms with Crippen molar-refractivity contribution in [3.63, 3.8) is 0 Å². The highest BCUT2D eigenvalue weighted by molar-refractivity contribution is 5.59. The molecule has 3 nitrogen and oxygen atoms in total. The molecule has 1 aliphatic heterocycles. The lowest BCUT2D eigenvalue weighted by molar-refractivity contribution is 0.975. The third-order valence-corrected chi connectivity index (χ3v) is 3.15. The first-order valence-corrected chi connectivity index (χ1v) is 6.14. The summed E-state index contributed by atoms with van der Waals surface area (Å²) in [5, 5.41) is 8.80. The molecule has 0 bridgehead atoms. The van der Waals surface area contributed by atoms with Crippen molar-refractivity contribution >= 4 is 11.4 Å². The van der Waals surface area contributed by atoms with Gasteiger partial charge in [0.25, 0.3) is 0 Å². The van der Waals surface area contributed by atoms with E-state index in [0.717, 1.165) is 12.4 Å². The van der Waals surface area contributed by atoms with Gasteiger partial charge in [0.05, 0.1) is 18.3 Å². The van der Waals surface area contributed by atoms with Crippen LogP contribution < -0.4 is 9.80 Å². The van der Waals surface area contributed by atoms with Crippen molar-refractivity contribution in [2.45, 2.75) is 0 Å². The lowest BCUT2D eigenvalue weighted by atomic mass is 10.2. The zero-order valence-corrected chi connectivity index (χ0v) is 10.4. The van der Waals surface area contributed by atoms with Crippen molar-refractivity contribution in [2.75, 3.05) is 16.5 Å². The van der Waals surface area contributed by atoms with Gasteiger partial charge < -0.3 is 9.80 Å². The van der Waals surface area contributed by atoms with E-state index in [1.54, 1.807) is 0 Å². The number of anilines is 2. The summed E-state index contributed by atoms with van der Waals surface area (Å²) in [6.07, 6.45) is 4.11. The average Bonchev–Trinajstić information content (AvgIpc) is 2.98. The zero-order chi connectivity index (χ0) is 13.1. The van der Waals surface area contributed by atoms with E-state index in [9.17, 15) is 0 Å². The summed E-state index contributed by atoms with van der Waals surface area (Å²) >= 11 is 0. The van der Waals surface area contributed by atoms with Crippen LogP contribution in [0.4, 0.5) is 11.4 Å². The number of hydrogen-bond donors (Lipinski definition) is 0. The molecule has 2 aromatic rings. The van der Waals surface area contributed by atoms with Gasteiger partial charge in [0.2, 0.25) is 0 Å². The molecule has 0 amide bonds. The summed E-state index contributed by atoms with van der Waals surface area (Å²) in [5.74, 6) is 0. The Balaban J connectivity index is 1.76. The molecule has 0 unspecified atom stereocenters. The molecule has 0 saturated heterocycles. The van der Waals surface area contributed by atoms with Crippen molar-refractivity contribution in [1.29, 1.82) is 5.26 Å². The molecule has 1 aliphatic rings. The van der Waals surface area contributed by atoms with Crippen LogP contribution in [0.25, 0.3) is 0 Å². The maximum atomic E-state index is 8.80. The van der Waals surface area contributed by atoms with E-state index in [1.165, 1.54) is 5.69 Å². The van der Waals surface area contributed by atoms with Gasteiger partial charge in [-0.05, 0) is 36.4 Å². The molecule has 0 N–H and O–H groups in total. The highest BCUT2D eigenvalue weighted by Crippen LogP contribution is 2.23. The molecule has 0 spiro atoms. The van der Waals surface area contributed by atoms with Gasteiger partial charge in [-0.1, -0.05) is 18.2 Å². The molecule has 2 aromatic carbocycles. The summed E-state index contributed by atoms with van der Waals surface area (Å²) in [6.45, 7) is 0.788. The Kier molecular flexibility index (Phi) is 2.91. The number of para-hydroxylation sites is 1. The summed E-state index contributed by atoms with van der Waals surface area (Å²) in [7, 11) is 0. The van der Waals surface area contributed by atoms with Gasteiger partial charge in [-0.3, -0.25) is 0 Å². The van der Waals surface area contributed by atoms with Crippen LogP contribution in [-0.2, 0) is 0 Å². The largest absolute Gasteiger partial charge is 0.328 e. The topological polar surface area (TPSA) is 30.3 Å². The summed E-state index contributed by atoms with van der Waals surface area (Å²) in [4.78, 5) is 4.33. The van der Waals surface area contributed by atoms with E-state index in [-0.39, 0.29) is 0 Å². The Morgan fingerprint density at radius 2 is 1.37 bits per heavy atom. The van der Waals surface area contributed by atoms with Gasteiger partial charge in [0.15, 0.2) is 0 Å². The van der Waals surface area contributed by atoms with Crippen LogP contribution in [0, 0.1) is 11.3 Å². The minimum atomic E-state index is 0.687. The quantitative estimate of drug-likeness (QED) is 0.815. The van der Waals surface area contributed by atoms with E-state index in [1.807, 2.05) is 48.7 Å². The number of nitrogens with zero attached hydrogens (tertiary/aromatic N) is 3. The average molecular weight is 247 g/mol. The first kappa shape index (κ1) is 11.4. The van der Waals surface area contributed by atoms with Crippen LogP contribution in [0.1, 0.15) is 5.56 Å². The standard InChI is InChI=1S/C16H13N3/c17-12-14-6-8-16(9-7-14)19-11-10-18(13-19)15-4-2-1-3-5-15/h1-11H,13H2. The van der Waals surface area contributed by atoms with Crippen LogP contribution in [0.15, 0.2) is 67.0 Å². The first-order chi connectivity index (χ1) is 9.36. The lowest BCUT2D eigenvalue weighted by Crippen LogP contribution is -2.24. The van der Waals surface area contributed by atoms with E-state index >= 15 is 0 Å². The molecule has 1 heterocycles. The second-order valence-electron chi connectivity index (χ2n) is 4.37. The number of benzene rings is 2. The fourth-order valence-corrected chi connectivity index (χ4v) is 2.10. The third-order valence-electron chi connectivity index (χ3n) is 3.15. The van der Waals surface area contributed by atoms with Gasteiger partial charge >= 0.3 is 0 Å². The van der Waals surface area contributed by atoms with Crippen LogP contribution in [-0.4, -0.2) is 6.67 Å². The van der Waals surface area contributed by atoms with Crippen molar-refractivity contribution in [3.8, 4) is 6.07 Å². The number of nitriles is 1. The van der Waals surface area contributed by atoms with Crippen LogP contribution in [0.2, 0.25) is 0 Å². The van der Waals surface area contributed by atoms with Gasteiger partial charge in [0, 0.05) is 23.8 Å². The monoisotopic (exact) mass is 247 g/mol. The highest BCUT2D eigenvalue weighted by atomic mass is 15.3. The maximum Gasteiger partial charge on any atom is 0.0991 e. The summed E-state index contributed by atoms with van der Waals surface area (Å²) in [6, 6.07) is 20.0. The summed E-state index contributed by atoms with van der Waals surface area (Å²) in [5.41, 5.74) is 2.95. The second-order valence-corrected chi connectivity index (χ2v) is 4.37. The smallest absolute Gasteiger partial charge is 0.0991 e. The second kappa shape index (κ2) is 4.87. The van der Waals surface area contributed by atoms with Crippen LogP contribution >= 0.6 is 0 Å². The minimum absolute atomic E-state index is 0.687. The fourth-order valence-electron chi connectivity index (χ4n) is 2.10. The Morgan fingerprint density at radius 1 is 0.789 bits per heavy atom. The predicted octanol–water partition coefficient (Wildman–Crippen LogP) is 3.31. The number of hydrogen-bond acceptors (Lipinski definition) is 3. The van der Waals surface area contributed by atoms with Crippen LogP contribution in [0.3, 0.4) is 0 Å². The van der Waals surface area contributed by atoms with Gasteiger partial charge in [-0.25, -0.2) is 0 Å². The third kappa shape index (κ3) is 2.29. The molecule has 3 rings (SSSR count). The molecule has 0 aliphatic carbocycles. The lowest BCUT2D eigenvalue weighted by Gasteiger charge is -2.21. The van der Waals surface area contributed by atoms with Gasteiger partial charge in [0.1, 0.15) is 0 Å². The normalized spacial score (nSPS) is 13.6. The molecular formula is C16H13N3. The SMILES string of the molecule is N#Cc1ccc(N2C=CN(c3ccccc3)C2)cc1. The molecule has 19 heavy (non-hydrogen) atoms. The van der Waals surface area contributed by atoms with Crippen molar-refractivity contribution in [2.24, 2.45) is 0 Å². The highest BCUT2D eigenvalue weighted by Gasteiger charge is 2.14. The van der Waals surface area contributed by atoms with Crippen molar-refractivity contribution in [1.82, 2.24) is 0 Å². The van der Waals surface area contributed by atoms with Crippen molar-refractivity contribution < 1.29 is 0 Å².